The maximum atomic E-state index is 11.5. The molecule has 0 aromatic carbocycles. The van der Waals surface area contributed by atoms with Crippen LogP contribution in [0.25, 0.3) is 0 Å². The maximum absolute atomic E-state index is 11.5. The molecule has 1 heterocycles. The van der Waals surface area contributed by atoms with Crippen LogP contribution in [0.2, 0.25) is 0 Å². The molecule has 0 aliphatic heterocycles. The van der Waals surface area contributed by atoms with Gasteiger partial charge >= 0.3 is 0 Å². The average Bonchev–Trinajstić information content (AvgIpc) is 2.63. The van der Waals surface area contributed by atoms with E-state index in [0.717, 1.165) is 5.13 Å². The fourth-order valence-electron chi connectivity index (χ4n) is 0.891. The molecular formula is C9H15N3OS2. The normalized spacial score (nSPS) is 13.3. The van der Waals surface area contributed by atoms with E-state index in [-0.39, 0.29) is 0 Å². The lowest BCUT2D eigenvalue weighted by atomic mass is 10.6. The lowest BCUT2D eigenvalue weighted by Gasteiger charge is -2.04. The van der Waals surface area contributed by atoms with Crippen molar-refractivity contribution in [3.63, 3.8) is 0 Å². The zero-order chi connectivity index (χ0) is 11.3. The molecule has 1 unspecified atom stereocenters. The molecule has 4 nitrogen and oxygen atoms in total. The van der Waals surface area contributed by atoms with Crippen LogP contribution in [0, 0.1) is 0 Å². The van der Waals surface area contributed by atoms with E-state index >= 15 is 0 Å². The van der Waals surface area contributed by atoms with Crippen LogP contribution >= 0.6 is 11.5 Å². The molecule has 0 amide bonds. The zero-order valence-electron chi connectivity index (χ0n) is 9.14. The second kappa shape index (κ2) is 5.97. The van der Waals surface area contributed by atoms with Gasteiger partial charge in [-0.15, -0.1) is 0 Å². The molecule has 1 rings (SSSR count). The summed E-state index contributed by atoms with van der Waals surface area (Å²) in [5, 5.41) is 0.855. The first-order valence-electron chi connectivity index (χ1n) is 4.59. The Hall–Kier alpha value is -0.750. The highest BCUT2D eigenvalue weighted by atomic mass is 32.2. The molecule has 84 valence electrons. The number of nitrogens with zero attached hydrogens (tertiary/aromatic N) is 3. The van der Waals surface area contributed by atoms with Gasteiger partial charge in [0.1, 0.15) is 0 Å². The van der Waals surface area contributed by atoms with Gasteiger partial charge < -0.3 is 4.90 Å². The predicted octanol–water partition coefficient (Wildman–Crippen LogP) is 1.43. The van der Waals surface area contributed by atoms with Crippen molar-refractivity contribution in [2.45, 2.75) is 12.7 Å². The molecule has 1 aromatic rings. The third-order valence-electron chi connectivity index (χ3n) is 1.65. The summed E-state index contributed by atoms with van der Waals surface area (Å²) in [5.74, 6) is 1.69. The molecule has 0 bridgehead atoms. The quantitative estimate of drug-likeness (QED) is 0.736. The standard InChI is InChI=1S/C9H15N3OS2/c1-4-5-6-15(13)7-8-10-9(12(2)3)14-11-8/h4-5H,6-7H2,1-3H3. The lowest BCUT2D eigenvalue weighted by Crippen LogP contribution is -2.08. The second-order valence-corrected chi connectivity index (χ2v) is 5.44. The summed E-state index contributed by atoms with van der Waals surface area (Å²) < 4.78 is 15.7. The van der Waals surface area contributed by atoms with Crippen LogP contribution < -0.4 is 4.90 Å². The van der Waals surface area contributed by atoms with E-state index in [4.69, 9.17) is 0 Å². The molecule has 0 saturated heterocycles. The van der Waals surface area contributed by atoms with Gasteiger partial charge in [-0.2, -0.15) is 4.37 Å². The number of anilines is 1. The second-order valence-electron chi connectivity index (χ2n) is 3.21. The Morgan fingerprint density at radius 3 is 2.80 bits per heavy atom. The van der Waals surface area contributed by atoms with Gasteiger partial charge in [-0.05, 0) is 6.92 Å². The predicted molar refractivity (Wildman–Crippen MR) is 65.8 cm³/mol. The first-order chi connectivity index (χ1) is 7.13. The third kappa shape index (κ3) is 4.09. The van der Waals surface area contributed by atoms with Gasteiger partial charge in [0.25, 0.3) is 0 Å². The first kappa shape index (κ1) is 12.3. The molecule has 0 saturated carbocycles. The Labute approximate surface area is 96.7 Å². The molecule has 0 aliphatic carbocycles. The van der Waals surface area contributed by atoms with Gasteiger partial charge in [0.15, 0.2) is 5.82 Å². The van der Waals surface area contributed by atoms with Crippen LogP contribution in [0.4, 0.5) is 5.13 Å². The summed E-state index contributed by atoms with van der Waals surface area (Å²) in [4.78, 5) is 6.17. The van der Waals surface area contributed by atoms with E-state index in [2.05, 4.69) is 9.36 Å². The van der Waals surface area contributed by atoms with Crippen molar-refractivity contribution >= 4 is 27.5 Å². The minimum Gasteiger partial charge on any atom is -0.353 e. The number of rotatable bonds is 5. The van der Waals surface area contributed by atoms with Crippen LogP contribution in [-0.4, -0.2) is 33.4 Å². The summed E-state index contributed by atoms with van der Waals surface area (Å²) >= 11 is 1.34. The Bertz CT molecular complexity index is 360. The summed E-state index contributed by atoms with van der Waals surface area (Å²) in [5.41, 5.74) is 0. The van der Waals surface area contributed by atoms with Gasteiger partial charge in [-0.25, -0.2) is 4.98 Å². The monoisotopic (exact) mass is 245 g/mol. The maximum Gasteiger partial charge on any atom is 0.204 e. The van der Waals surface area contributed by atoms with E-state index in [1.165, 1.54) is 11.5 Å². The van der Waals surface area contributed by atoms with E-state index in [9.17, 15) is 4.21 Å². The Balaban J connectivity index is 2.53. The van der Waals surface area contributed by atoms with E-state index in [1.54, 1.807) is 0 Å². The lowest BCUT2D eigenvalue weighted by molar-refractivity contribution is 0.683. The fraction of sp³-hybridized carbons (Fsp3) is 0.556. The topological polar surface area (TPSA) is 46.1 Å². The average molecular weight is 245 g/mol. The summed E-state index contributed by atoms with van der Waals surface area (Å²) in [6.07, 6.45) is 3.80. The molecule has 1 aromatic heterocycles. The van der Waals surface area contributed by atoms with Gasteiger partial charge in [0.05, 0.1) is 5.75 Å². The first-order valence-corrected chi connectivity index (χ1v) is 6.85. The smallest absolute Gasteiger partial charge is 0.204 e. The van der Waals surface area contributed by atoms with Gasteiger partial charge in [-0.3, -0.25) is 4.21 Å². The van der Waals surface area contributed by atoms with Crippen molar-refractivity contribution in [2.75, 3.05) is 24.7 Å². The van der Waals surface area contributed by atoms with Gasteiger partial charge in [0.2, 0.25) is 5.13 Å². The Kier molecular flexibility index (Phi) is 4.90. The SMILES string of the molecule is CC=CCS(=O)Cc1nsc(N(C)C)n1. The van der Waals surface area contributed by atoms with Crippen LogP contribution in [0.5, 0.6) is 0 Å². The van der Waals surface area contributed by atoms with Crippen molar-refractivity contribution in [2.24, 2.45) is 0 Å². The van der Waals surface area contributed by atoms with Crippen molar-refractivity contribution in [3.05, 3.63) is 18.0 Å². The Morgan fingerprint density at radius 2 is 2.27 bits per heavy atom. The Morgan fingerprint density at radius 1 is 1.53 bits per heavy atom. The van der Waals surface area contributed by atoms with Crippen LogP contribution in [0.3, 0.4) is 0 Å². The van der Waals surface area contributed by atoms with Crippen LogP contribution in [-0.2, 0) is 16.6 Å². The molecule has 15 heavy (non-hydrogen) atoms. The summed E-state index contributed by atoms with van der Waals surface area (Å²) in [6, 6.07) is 0. The molecule has 0 radical (unpaired) electrons. The number of allylic oxidation sites excluding steroid dienone is 1. The minimum atomic E-state index is -0.894. The highest BCUT2D eigenvalue weighted by Gasteiger charge is 2.08. The zero-order valence-corrected chi connectivity index (χ0v) is 10.8. The summed E-state index contributed by atoms with van der Waals surface area (Å²) in [6.45, 7) is 1.92. The van der Waals surface area contributed by atoms with Crippen molar-refractivity contribution < 1.29 is 4.21 Å². The highest BCUT2D eigenvalue weighted by Crippen LogP contribution is 2.14. The summed E-state index contributed by atoms with van der Waals surface area (Å²) in [7, 11) is 2.94. The number of hydrogen-bond acceptors (Lipinski definition) is 5. The van der Waals surface area contributed by atoms with Gasteiger partial charge in [-0.1, -0.05) is 12.2 Å². The van der Waals surface area contributed by atoms with E-state index < -0.39 is 10.8 Å². The van der Waals surface area contributed by atoms with E-state index in [1.807, 2.05) is 38.1 Å². The number of hydrogen-bond donors (Lipinski definition) is 0. The minimum absolute atomic E-state index is 0.439. The van der Waals surface area contributed by atoms with Crippen molar-refractivity contribution in [1.29, 1.82) is 0 Å². The van der Waals surface area contributed by atoms with Crippen LogP contribution in [0.1, 0.15) is 12.7 Å². The molecule has 6 heteroatoms. The van der Waals surface area contributed by atoms with Crippen molar-refractivity contribution in [3.8, 4) is 0 Å². The largest absolute Gasteiger partial charge is 0.353 e. The van der Waals surface area contributed by atoms with E-state index in [0.29, 0.717) is 17.3 Å². The molecule has 0 spiro atoms. The van der Waals surface area contributed by atoms with Crippen LogP contribution in [0.15, 0.2) is 12.2 Å². The highest BCUT2D eigenvalue weighted by molar-refractivity contribution is 7.84. The molecule has 0 fully saturated rings. The molecule has 0 aliphatic rings. The van der Waals surface area contributed by atoms with Gasteiger partial charge in [0, 0.05) is 42.2 Å². The third-order valence-corrected chi connectivity index (χ3v) is 3.71. The molecular weight excluding hydrogens is 230 g/mol. The molecule has 0 N–H and O–H groups in total. The fourth-order valence-corrected chi connectivity index (χ4v) is 2.52. The number of aromatic nitrogens is 2. The van der Waals surface area contributed by atoms with Crippen molar-refractivity contribution in [1.82, 2.24) is 9.36 Å². The molecule has 1 atom stereocenters.